The van der Waals surface area contributed by atoms with Gasteiger partial charge in [0.2, 0.25) is 0 Å². The minimum absolute atomic E-state index is 0.137. The van der Waals surface area contributed by atoms with Crippen LogP contribution in [0.3, 0.4) is 0 Å². The molecule has 0 saturated carbocycles. The second kappa shape index (κ2) is 6.82. The molecule has 14 heavy (non-hydrogen) atoms. The molecule has 0 aromatic rings. The van der Waals surface area contributed by atoms with E-state index in [1.54, 1.807) is 0 Å². The van der Waals surface area contributed by atoms with Crippen LogP contribution in [0.1, 0.15) is 41.0 Å². The quantitative estimate of drug-likeness (QED) is 0.668. The monoisotopic (exact) mass is 201 g/mol. The Morgan fingerprint density at radius 3 is 2.21 bits per heavy atom. The molecule has 0 aromatic heterocycles. The molecule has 2 atom stereocenters. The van der Waals surface area contributed by atoms with Crippen molar-refractivity contribution in [2.24, 2.45) is 5.92 Å². The first-order valence-electron chi connectivity index (χ1n) is 5.45. The summed E-state index contributed by atoms with van der Waals surface area (Å²) in [4.78, 5) is 11.4. The van der Waals surface area contributed by atoms with Gasteiger partial charge in [-0.1, -0.05) is 20.8 Å². The lowest BCUT2D eigenvalue weighted by molar-refractivity contribution is -0.146. The summed E-state index contributed by atoms with van der Waals surface area (Å²) in [5.41, 5.74) is 0. The van der Waals surface area contributed by atoms with Gasteiger partial charge < -0.3 is 10.1 Å². The van der Waals surface area contributed by atoms with Gasteiger partial charge in [-0.05, 0) is 26.2 Å². The average Bonchev–Trinajstić information content (AvgIpc) is 2.13. The molecule has 0 radical (unpaired) electrons. The van der Waals surface area contributed by atoms with Crippen LogP contribution in [-0.2, 0) is 9.53 Å². The first kappa shape index (κ1) is 13.4. The Hall–Kier alpha value is -0.570. The minimum atomic E-state index is -0.160. The van der Waals surface area contributed by atoms with Gasteiger partial charge in [-0.2, -0.15) is 0 Å². The van der Waals surface area contributed by atoms with E-state index in [0.29, 0.717) is 18.6 Å². The highest BCUT2D eigenvalue weighted by molar-refractivity contribution is 5.75. The predicted octanol–water partition coefficient (Wildman–Crippen LogP) is 1.96. The first-order chi connectivity index (χ1) is 6.52. The molecule has 0 aliphatic heterocycles. The van der Waals surface area contributed by atoms with Crippen LogP contribution in [0.4, 0.5) is 0 Å². The van der Waals surface area contributed by atoms with Crippen LogP contribution in [-0.4, -0.2) is 24.7 Å². The maximum atomic E-state index is 11.4. The molecule has 0 spiro atoms. The summed E-state index contributed by atoms with van der Waals surface area (Å²) in [6.45, 7) is 10.6. The Balaban J connectivity index is 4.07. The van der Waals surface area contributed by atoms with Crippen LogP contribution in [0.5, 0.6) is 0 Å². The van der Waals surface area contributed by atoms with Crippen molar-refractivity contribution in [2.75, 3.05) is 6.61 Å². The molecule has 1 N–H and O–H groups in total. The SMILES string of the molecule is CCOC(=O)C(CC)NC(C)C(C)C. The lowest BCUT2D eigenvalue weighted by Crippen LogP contribution is -2.44. The Kier molecular flexibility index (Phi) is 6.54. The fourth-order valence-corrected chi connectivity index (χ4v) is 1.11. The zero-order valence-electron chi connectivity index (χ0n) is 9.96. The van der Waals surface area contributed by atoms with Gasteiger partial charge in [0.25, 0.3) is 0 Å². The van der Waals surface area contributed by atoms with Crippen LogP contribution in [0.25, 0.3) is 0 Å². The van der Waals surface area contributed by atoms with E-state index in [0.717, 1.165) is 6.42 Å². The second-order valence-electron chi connectivity index (χ2n) is 3.91. The third-order valence-corrected chi connectivity index (χ3v) is 2.44. The highest BCUT2D eigenvalue weighted by Gasteiger charge is 2.20. The van der Waals surface area contributed by atoms with Crippen molar-refractivity contribution < 1.29 is 9.53 Å². The zero-order valence-corrected chi connectivity index (χ0v) is 9.96. The molecule has 0 aliphatic carbocycles. The first-order valence-corrected chi connectivity index (χ1v) is 5.45. The number of hydrogen-bond acceptors (Lipinski definition) is 3. The van der Waals surface area contributed by atoms with Gasteiger partial charge in [-0.3, -0.25) is 4.79 Å². The van der Waals surface area contributed by atoms with Gasteiger partial charge in [0.1, 0.15) is 6.04 Å². The zero-order chi connectivity index (χ0) is 11.1. The summed E-state index contributed by atoms with van der Waals surface area (Å²) in [6, 6.07) is 0.178. The number of ether oxygens (including phenoxy) is 1. The third-order valence-electron chi connectivity index (χ3n) is 2.44. The van der Waals surface area contributed by atoms with E-state index in [-0.39, 0.29) is 12.0 Å². The highest BCUT2D eigenvalue weighted by Crippen LogP contribution is 2.04. The summed E-state index contributed by atoms with van der Waals surface area (Å²) in [7, 11) is 0. The molecule has 84 valence electrons. The molecular formula is C11H23NO2. The molecular weight excluding hydrogens is 178 g/mol. The van der Waals surface area contributed by atoms with Crippen molar-refractivity contribution in [1.29, 1.82) is 0 Å². The lowest BCUT2D eigenvalue weighted by Gasteiger charge is -2.23. The van der Waals surface area contributed by atoms with Crippen LogP contribution in [0.15, 0.2) is 0 Å². The Labute approximate surface area is 87.2 Å². The number of carbonyl (C=O) groups is 1. The number of nitrogens with one attached hydrogen (secondary N) is 1. The van der Waals surface area contributed by atoms with Gasteiger partial charge >= 0.3 is 5.97 Å². The van der Waals surface area contributed by atoms with E-state index >= 15 is 0 Å². The highest BCUT2D eigenvalue weighted by atomic mass is 16.5. The fraction of sp³-hybridized carbons (Fsp3) is 0.909. The molecule has 0 rings (SSSR count). The molecule has 0 saturated heterocycles. The summed E-state index contributed by atoms with van der Waals surface area (Å²) >= 11 is 0. The molecule has 3 nitrogen and oxygen atoms in total. The van der Waals surface area contributed by atoms with E-state index in [4.69, 9.17) is 4.74 Å². The molecule has 0 aliphatic rings. The minimum Gasteiger partial charge on any atom is -0.465 e. The van der Waals surface area contributed by atoms with E-state index in [1.165, 1.54) is 0 Å². The maximum absolute atomic E-state index is 11.4. The van der Waals surface area contributed by atoms with E-state index in [2.05, 4.69) is 26.1 Å². The maximum Gasteiger partial charge on any atom is 0.323 e. The molecule has 0 fully saturated rings. The fourth-order valence-electron chi connectivity index (χ4n) is 1.11. The number of rotatable bonds is 6. The van der Waals surface area contributed by atoms with Crippen LogP contribution < -0.4 is 5.32 Å². The van der Waals surface area contributed by atoms with Gasteiger partial charge in [-0.15, -0.1) is 0 Å². The van der Waals surface area contributed by atoms with Crippen molar-refractivity contribution in [3.63, 3.8) is 0 Å². The summed E-state index contributed by atoms with van der Waals surface area (Å²) in [5.74, 6) is 0.390. The topological polar surface area (TPSA) is 38.3 Å². The molecule has 0 amide bonds. The van der Waals surface area contributed by atoms with Crippen molar-refractivity contribution in [2.45, 2.75) is 53.1 Å². The molecule has 3 heteroatoms. The average molecular weight is 201 g/mol. The molecule has 0 bridgehead atoms. The lowest BCUT2D eigenvalue weighted by atomic mass is 10.0. The molecule has 0 aromatic carbocycles. The van der Waals surface area contributed by atoms with Crippen molar-refractivity contribution >= 4 is 5.97 Å². The van der Waals surface area contributed by atoms with Crippen LogP contribution in [0.2, 0.25) is 0 Å². The van der Waals surface area contributed by atoms with E-state index in [9.17, 15) is 4.79 Å². The van der Waals surface area contributed by atoms with Gasteiger partial charge in [0.15, 0.2) is 0 Å². The van der Waals surface area contributed by atoms with Crippen molar-refractivity contribution in [1.82, 2.24) is 5.32 Å². The predicted molar refractivity (Wildman–Crippen MR) is 58.1 cm³/mol. The van der Waals surface area contributed by atoms with Gasteiger partial charge in [-0.25, -0.2) is 0 Å². The Morgan fingerprint density at radius 2 is 1.86 bits per heavy atom. The van der Waals surface area contributed by atoms with Crippen molar-refractivity contribution in [3.8, 4) is 0 Å². The van der Waals surface area contributed by atoms with E-state index < -0.39 is 0 Å². The largest absolute Gasteiger partial charge is 0.465 e. The summed E-state index contributed by atoms with van der Waals surface area (Å²) < 4.78 is 4.97. The van der Waals surface area contributed by atoms with Crippen molar-refractivity contribution in [3.05, 3.63) is 0 Å². The normalized spacial score (nSPS) is 15.3. The summed E-state index contributed by atoms with van der Waals surface area (Å²) in [6.07, 6.45) is 0.774. The van der Waals surface area contributed by atoms with E-state index in [1.807, 2.05) is 13.8 Å². The summed E-state index contributed by atoms with van der Waals surface area (Å²) in [5, 5.41) is 3.28. The standard InChI is InChI=1S/C11H23NO2/c1-6-10(11(13)14-7-2)12-9(5)8(3)4/h8-10,12H,6-7H2,1-5H3. The Bertz CT molecular complexity index is 169. The number of hydrogen-bond donors (Lipinski definition) is 1. The molecule has 0 heterocycles. The van der Waals surface area contributed by atoms with Crippen LogP contribution >= 0.6 is 0 Å². The Morgan fingerprint density at radius 1 is 1.29 bits per heavy atom. The number of carbonyl (C=O) groups excluding carboxylic acids is 1. The second-order valence-corrected chi connectivity index (χ2v) is 3.91. The number of esters is 1. The third kappa shape index (κ3) is 4.61. The molecule has 2 unspecified atom stereocenters. The van der Waals surface area contributed by atoms with Crippen LogP contribution in [0, 0.1) is 5.92 Å². The van der Waals surface area contributed by atoms with Gasteiger partial charge in [0.05, 0.1) is 6.61 Å². The smallest absolute Gasteiger partial charge is 0.323 e. The van der Waals surface area contributed by atoms with Gasteiger partial charge in [0, 0.05) is 6.04 Å².